The van der Waals surface area contributed by atoms with E-state index in [4.69, 9.17) is 11.1 Å². The van der Waals surface area contributed by atoms with Crippen molar-refractivity contribution in [2.45, 2.75) is 12.8 Å². The van der Waals surface area contributed by atoms with Gasteiger partial charge in [-0.05, 0) is 0 Å². The molecular formula is C12H14N5Se. The minimum absolute atomic E-state index is 0.308. The molecule has 0 aromatic heterocycles. The molecule has 1 saturated heterocycles. The number of nitrogens with one attached hydrogen (secondary N) is 1. The summed E-state index contributed by atoms with van der Waals surface area (Å²) < 4.78 is 0.554. The number of rotatable bonds is 0. The van der Waals surface area contributed by atoms with Gasteiger partial charge in [-0.2, -0.15) is 0 Å². The molecule has 0 saturated carbocycles. The van der Waals surface area contributed by atoms with Crippen LogP contribution in [0.1, 0.15) is 12.8 Å². The van der Waals surface area contributed by atoms with E-state index in [-0.39, 0.29) is 0 Å². The molecule has 1 spiro atoms. The number of allylic oxidation sites excluding steroid dienone is 1. The molecule has 93 valence electrons. The third-order valence-electron chi connectivity index (χ3n) is 3.73. The van der Waals surface area contributed by atoms with Gasteiger partial charge in [0, 0.05) is 0 Å². The molecule has 0 unspecified atom stereocenters. The van der Waals surface area contributed by atoms with E-state index in [0.29, 0.717) is 21.6 Å². The van der Waals surface area contributed by atoms with Crippen LogP contribution in [0.25, 0.3) is 0 Å². The van der Waals surface area contributed by atoms with E-state index in [2.05, 4.69) is 44.9 Å². The second kappa shape index (κ2) is 4.72. The van der Waals surface area contributed by atoms with Crippen LogP contribution < -0.4 is 5.73 Å². The van der Waals surface area contributed by atoms with Crippen LogP contribution in [0.15, 0.2) is 20.7 Å². The zero-order valence-electron chi connectivity index (χ0n) is 10.2. The number of nitrogens with two attached hydrogens (primary N) is 1. The van der Waals surface area contributed by atoms with E-state index >= 15 is 0 Å². The summed E-state index contributed by atoms with van der Waals surface area (Å²) in [5, 5.41) is 16.9. The molecule has 6 heteroatoms. The minimum atomic E-state index is -0.477. The molecule has 2 aliphatic heterocycles. The number of piperidine rings is 1. The third kappa shape index (κ3) is 1.82. The van der Waals surface area contributed by atoms with Crippen LogP contribution in [0.5, 0.6) is 0 Å². The molecule has 0 aliphatic carbocycles. The van der Waals surface area contributed by atoms with Gasteiger partial charge in [0.2, 0.25) is 0 Å². The molecule has 18 heavy (non-hydrogen) atoms. The van der Waals surface area contributed by atoms with Crippen LogP contribution >= 0.6 is 0 Å². The van der Waals surface area contributed by atoms with Crippen molar-refractivity contribution in [1.29, 1.82) is 10.7 Å². The normalized spacial score (nSPS) is 23.6. The van der Waals surface area contributed by atoms with Gasteiger partial charge >= 0.3 is 114 Å². The Kier molecular flexibility index (Phi) is 3.43. The summed E-state index contributed by atoms with van der Waals surface area (Å²) in [6.45, 7) is 1.74. The average molecular weight is 307 g/mol. The van der Waals surface area contributed by atoms with Crippen LogP contribution in [0.4, 0.5) is 0 Å². The SMILES string of the molecule is CN1CCC2(CC1)C(=C=N)C(N)=NC([Se])=C2C#N. The van der Waals surface area contributed by atoms with E-state index in [1.54, 1.807) is 0 Å². The maximum absolute atomic E-state index is 9.39. The first-order valence-electron chi connectivity index (χ1n) is 5.70. The second-order valence-corrected chi connectivity index (χ2v) is 5.49. The van der Waals surface area contributed by atoms with Crippen LogP contribution in [-0.2, 0) is 0 Å². The summed E-state index contributed by atoms with van der Waals surface area (Å²) in [4.78, 5) is 6.33. The number of nitrogens with zero attached hydrogens (tertiary/aromatic N) is 3. The van der Waals surface area contributed by atoms with E-state index < -0.39 is 5.41 Å². The Bertz CT molecular complexity index is 525. The van der Waals surface area contributed by atoms with Gasteiger partial charge in [-0.1, -0.05) is 0 Å². The summed E-state index contributed by atoms with van der Waals surface area (Å²) in [5.74, 6) is 2.71. The number of nitriles is 1. The van der Waals surface area contributed by atoms with Crippen molar-refractivity contribution in [3.05, 3.63) is 15.7 Å². The topological polar surface area (TPSA) is 89.3 Å². The van der Waals surface area contributed by atoms with Gasteiger partial charge in [0.05, 0.1) is 0 Å². The van der Waals surface area contributed by atoms with E-state index in [9.17, 15) is 5.26 Å². The van der Waals surface area contributed by atoms with Crippen molar-refractivity contribution in [3.63, 3.8) is 0 Å². The van der Waals surface area contributed by atoms with Crippen molar-refractivity contribution in [2.75, 3.05) is 20.1 Å². The van der Waals surface area contributed by atoms with Crippen molar-refractivity contribution in [1.82, 2.24) is 4.90 Å². The molecule has 2 aliphatic rings. The van der Waals surface area contributed by atoms with Gasteiger partial charge in [0.25, 0.3) is 0 Å². The monoisotopic (exact) mass is 308 g/mol. The van der Waals surface area contributed by atoms with E-state index in [1.165, 1.54) is 0 Å². The molecule has 5 nitrogen and oxygen atoms in total. The Morgan fingerprint density at radius 2 is 2.11 bits per heavy atom. The molecule has 1 fully saturated rings. The Labute approximate surface area is 114 Å². The summed E-state index contributed by atoms with van der Waals surface area (Å²) in [6, 6.07) is 2.24. The number of amidine groups is 1. The molecule has 3 N–H and O–H groups in total. The predicted molar refractivity (Wildman–Crippen MR) is 70.4 cm³/mol. The van der Waals surface area contributed by atoms with Gasteiger partial charge in [0.1, 0.15) is 0 Å². The molecule has 2 rings (SSSR count). The van der Waals surface area contributed by atoms with Crippen LogP contribution in [0.3, 0.4) is 0 Å². The van der Waals surface area contributed by atoms with Gasteiger partial charge in [-0.15, -0.1) is 0 Å². The van der Waals surface area contributed by atoms with Crippen molar-refractivity contribution in [2.24, 2.45) is 16.1 Å². The van der Waals surface area contributed by atoms with Crippen LogP contribution in [0, 0.1) is 22.2 Å². The first-order valence-corrected chi connectivity index (χ1v) is 6.56. The molecule has 0 amide bonds. The van der Waals surface area contributed by atoms with Gasteiger partial charge < -0.3 is 0 Å². The number of aliphatic imine (C=N–C) groups is 1. The zero-order valence-corrected chi connectivity index (χ0v) is 11.9. The average Bonchev–Trinajstić information content (AvgIpc) is 2.33. The predicted octanol–water partition coefficient (Wildman–Crippen LogP) is 0.148. The molecular weight excluding hydrogens is 293 g/mol. The van der Waals surface area contributed by atoms with Crippen molar-refractivity contribution in [3.8, 4) is 6.07 Å². The first-order chi connectivity index (χ1) is 8.55. The Morgan fingerprint density at radius 1 is 1.50 bits per heavy atom. The standard InChI is InChI=1S/C12H14N5Se/c1-17-4-2-12(3-5-17)8(6-13)10(15)16-11(18)9(12)7-14/h13H,2-5H2,1H3,(H2,15,16). The zero-order chi connectivity index (χ0) is 13.3. The van der Waals surface area contributed by atoms with Gasteiger partial charge in [-0.25, -0.2) is 0 Å². The van der Waals surface area contributed by atoms with E-state index in [0.717, 1.165) is 25.9 Å². The Morgan fingerprint density at radius 3 is 2.61 bits per heavy atom. The fraction of sp³-hybridized carbons (Fsp3) is 0.500. The van der Waals surface area contributed by atoms with Crippen LogP contribution in [-0.4, -0.2) is 52.8 Å². The second-order valence-electron chi connectivity index (χ2n) is 4.67. The molecule has 0 atom stereocenters. The van der Waals surface area contributed by atoms with Crippen molar-refractivity contribution >= 4 is 27.7 Å². The summed E-state index contributed by atoms with van der Waals surface area (Å²) in [7, 11) is 2.05. The summed E-state index contributed by atoms with van der Waals surface area (Å²) >= 11 is 2.81. The summed E-state index contributed by atoms with van der Waals surface area (Å²) in [5.41, 5.74) is 6.57. The quantitative estimate of drug-likeness (QED) is 0.493. The molecule has 1 radical (unpaired) electrons. The fourth-order valence-corrected chi connectivity index (χ4v) is 3.35. The molecule has 0 aromatic rings. The third-order valence-corrected chi connectivity index (χ3v) is 4.35. The maximum atomic E-state index is 9.39. The van der Waals surface area contributed by atoms with Gasteiger partial charge in [0.15, 0.2) is 0 Å². The van der Waals surface area contributed by atoms with E-state index in [1.807, 2.05) is 0 Å². The Hall–Kier alpha value is -1.37. The summed E-state index contributed by atoms with van der Waals surface area (Å²) in [6.07, 6.45) is 1.55. The fourth-order valence-electron chi connectivity index (χ4n) is 2.63. The first kappa shape index (κ1) is 13.1. The van der Waals surface area contributed by atoms with Crippen LogP contribution in [0.2, 0.25) is 0 Å². The number of hydrogen-bond donors (Lipinski definition) is 2. The number of likely N-dealkylation sites (tertiary alicyclic amines) is 1. The molecule has 0 bridgehead atoms. The van der Waals surface area contributed by atoms with Gasteiger partial charge in [-0.3, -0.25) is 0 Å². The molecule has 0 aromatic carbocycles. The van der Waals surface area contributed by atoms with Crippen molar-refractivity contribution < 1.29 is 0 Å². The molecule has 2 heterocycles. The number of hydrogen-bond acceptors (Lipinski definition) is 5. The Balaban J connectivity index is 2.58.